The van der Waals surface area contributed by atoms with E-state index in [9.17, 15) is 9.59 Å². The third-order valence-electron chi connectivity index (χ3n) is 3.31. The van der Waals surface area contributed by atoms with Crippen molar-refractivity contribution in [3.05, 3.63) is 0 Å². The summed E-state index contributed by atoms with van der Waals surface area (Å²) in [6, 6.07) is 0.0772. The lowest BCUT2D eigenvalue weighted by molar-refractivity contribution is -0.138. The molecule has 20 heavy (non-hydrogen) atoms. The Bertz CT molecular complexity index is 318. The van der Waals surface area contributed by atoms with Crippen molar-refractivity contribution in [2.45, 2.75) is 45.6 Å². The van der Waals surface area contributed by atoms with Gasteiger partial charge in [0.2, 0.25) is 0 Å². The van der Waals surface area contributed by atoms with Gasteiger partial charge in [0.25, 0.3) is 0 Å². The summed E-state index contributed by atoms with van der Waals surface area (Å²) in [5, 5.41) is 14.7. The quantitative estimate of drug-likeness (QED) is 0.674. The highest BCUT2D eigenvalue weighted by Gasteiger charge is 2.18. The van der Waals surface area contributed by atoms with Crippen LogP contribution in [0.25, 0.3) is 0 Å². The molecule has 0 bridgehead atoms. The first kappa shape index (κ1) is 17.1. The van der Waals surface area contributed by atoms with E-state index in [0.717, 1.165) is 25.0 Å². The topological polar surface area (TPSA) is 78.4 Å². The Hall–Kier alpha value is -0.910. The van der Waals surface area contributed by atoms with Crippen LogP contribution in [0.2, 0.25) is 0 Å². The fourth-order valence-electron chi connectivity index (χ4n) is 2.48. The third kappa shape index (κ3) is 7.62. The molecule has 0 aromatic rings. The molecule has 3 N–H and O–H groups in total. The highest BCUT2D eigenvalue weighted by molar-refractivity contribution is 7.99. The number of aliphatic carboxylic acids is 1. The molecule has 2 amide bonds. The van der Waals surface area contributed by atoms with Gasteiger partial charge in [-0.25, -0.2) is 4.79 Å². The summed E-state index contributed by atoms with van der Waals surface area (Å²) in [6.45, 7) is 4.55. The molecule has 1 heterocycles. The van der Waals surface area contributed by atoms with E-state index in [1.807, 2.05) is 11.8 Å². The molecule has 2 atom stereocenters. The van der Waals surface area contributed by atoms with Crippen molar-refractivity contribution in [3.63, 3.8) is 0 Å². The fourth-order valence-corrected chi connectivity index (χ4v) is 3.55. The van der Waals surface area contributed by atoms with Crippen LogP contribution in [0.5, 0.6) is 0 Å². The molecule has 1 saturated heterocycles. The van der Waals surface area contributed by atoms with Gasteiger partial charge in [0.05, 0.1) is 0 Å². The van der Waals surface area contributed by atoms with E-state index >= 15 is 0 Å². The molecule has 0 aliphatic carbocycles. The predicted molar refractivity (Wildman–Crippen MR) is 82.1 cm³/mol. The highest BCUT2D eigenvalue weighted by Crippen LogP contribution is 2.17. The van der Waals surface area contributed by atoms with Gasteiger partial charge in [-0.15, -0.1) is 0 Å². The Balaban J connectivity index is 2.29. The molecule has 0 saturated carbocycles. The Morgan fingerprint density at radius 1 is 1.40 bits per heavy atom. The molecule has 0 aromatic carbocycles. The average molecular weight is 302 g/mol. The molecule has 0 spiro atoms. The number of thioether (sulfide) groups is 1. The van der Waals surface area contributed by atoms with Gasteiger partial charge < -0.3 is 15.7 Å². The molecule has 0 radical (unpaired) electrons. The zero-order valence-electron chi connectivity index (χ0n) is 12.4. The lowest BCUT2D eigenvalue weighted by atomic mass is 9.94. The first-order valence-corrected chi connectivity index (χ1v) is 8.46. The van der Waals surface area contributed by atoms with E-state index in [4.69, 9.17) is 5.11 Å². The van der Waals surface area contributed by atoms with Crippen LogP contribution in [-0.4, -0.2) is 41.2 Å². The number of carbonyl (C=O) groups excluding carboxylic acids is 1. The Morgan fingerprint density at radius 2 is 2.15 bits per heavy atom. The molecular formula is C14H26N2O3S. The van der Waals surface area contributed by atoms with E-state index in [-0.39, 0.29) is 24.4 Å². The van der Waals surface area contributed by atoms with Crippen molar-refractivity contribution in [3.8, 4) is 0 Å². The van der Waals surface area contributed by atoms with Crippen LogP contribution in [0.1, 0.15) is 39.5 Å². The van der Waals surface area contributed by atoms with Gasteiger partial charge in [-0.05, 0) is 36.9 Å². The summed E-state index contributed by atoms with van der Waals surface area (Å²) in [7, 11) is 0. The summed E-state index contributed by atoms with van der Waals surface area (Å²) in [5.74, 6) is 1.77. The zero-order valence-corrected chi connectivity index (χ0v) is 13.2. The van der Waals surface area contributed by atoms with Gasteiger partial charge in [0, 0.05) is 24.8 Å². The van der Waals surface area contributed by atoms with Gasteiger partial charge in [0.15, 0.2) is 0 Å². The maximum atomic E-state index is 11.8. The minimum Gasteiger partial charge on any atom is -0.481 e. The van der Waals surface area contributed by atoms with Gasteiger partial charge >= 0.3 is 12.0 Å². The van der Waals surface area contributed by atoms with Gasteiger partial charge in [-0.2, -0.15) is 11.8 Å². The monoisotopic (exact) mass is 302 g/mol. The second-order valence-corrected chi connectivity index (χ2v) is 7.01. The molecule has 5 nitrogen and oxygen atoms in total. The van der Waals surface area contributed by atoms with Crippen LogP contribution in [0.15, 0.2) is 0 Å². The van der Waals surface area contributed by atoms with E-state index in [0.29, 0.717) is 12.5 Å². The Labute approximate surface area is 125 Å². The molecule has 1 rings (SSSR count). The number of carboxylic acid groups (broad SMARTS) is 1. The minimum absolute atomic E-state index is 0.000944. The number of urea groups is 1. The molecule has 0 aromatic heterocycles. The number of carbonyl (C=O) groups is 2. The summed E-state index contributed by atoms with van der Waals surface area (Å²) in [4.78, 5) is 22.6. The van der Waals surface area contributed by atoms with Gasteiger partial charge in [0.1, 0.15) is 0 Å². The van der Waals surface area contributed by atoms with Gasteiger partial charge in [-0.3, -0.25) is 4.79 Å². The fraction of sp³-hybridized carbons (Fsp3) is 0.857. The Kier molecular flexibility index (Phi) is 7.80. The van der Waals surface area contributed by atoms with E-state index in [1.165, 1.54) is 5.75 Å². The molecule has 1 aliphatic heterocycles. The standard InChI is InChI=1S/C14H26N2O3S/c1-10(2)6-11(7-13(17)18)8-15-14(19)16-12-4-3-5-20-9-12/h10-12H,3-9H2,1-2H3,(H,17,18)(H2,15,16,19). The van der Waals surface area contributed by atoms with Crippen molar-refractivity contribution in [2.75, 3.05) is 18.1 Å². The lowest BCUT2D eigenvalue weighted by Crippen LogP contribution is -2.45. The second kappa shape index (κ2) is 9.10. The number of nitrogens with one attached hydrogen (secondary N) is 2. The molecule has 6 heteroatoms. The van der Waals surface area contributed by atoms with Crippen LogP contribution < -0.4 is 10.6 Å². The molecule has 1 aliphatic rings. The maximum absolute atomic E-state index is 11.8. The average Bonchev–Trinajstić information content (AvgIpc) is 2.36. The van der Waals surface area contributed by atoms with Crippen LogP contribution in [0, 0.1) is 11.8 Å². The molecule has 1 fully saturated rings. The van der Waals surface area contributed by atoms with Crippen LogP contribution in [0.3, 0.4) is 0 Å². The first-order valence-electron chi connectivity index (χ1n) is 7.31. The lowest BCUT2D eigenvalue weighted by Gasteiger charge is -2.23. The molecular weight excluding hydrogens is 276 g/mol. The van der Waals surface area contributed by atoms with E-state index < -0.39 is 5.97 Å². The number of hydrogen-bond acceptors (Lipinski definition) is 3. The third-order valence-corrected chi connectivity index (χ3v) is 4.53. The smallest absolute Gasteiger partial charge is 0.315 e. The summed E-state index contributed by atoms with van der Waals surface area (Å²) in [5.41, 5.74) is 0. The van der Waals surface area contributed by atoms with Crippen molar-refractivity contribution in [1.82, 2.24) is 10.6 Å². The number of rotatable bonds is 7. The van der Waals surface area contributed by atoms with Crippen molar-refractivity contribution < 1.29 is 14.7 Å². The SMILES string of the molecule is CC(C)CC(CNC(=O)NC1CCCSC1)CC(=O)O. The minimum atomic E-state index is -0.804. The normalized spacial score (nSPS) is 20.4. The van der Waals surface area contributed by atoms with Crippen molar-refractivity contribution in [1.29, 1.82) is 0 Å². The largest absolute Gasteiger partial charge is 0.481 e. The highest BCUT2D eigenvalue weighted by atomic mass is 32.2. The predicted octanol–water partition coefficient (Wildman–Crippen LogP) is 2.32. The number of carboxylic acids is 1. The zero-order chi connectivity index (χ0) is 15.0. The van der Waals surface area contributed by atoms with Crippen molar-refractivity contribution >= 4 is 23.8 Å². The van der Waals surface area contributed by atoms with Gasteiger partial charge in [-0.1, -0.05) is 13.8 Å². The number of amides is 2. The van der Waals surface area contributed by atoms with E-state index in [2.05, 4.69) is 24.5 Å². The molecule has 116 valence electrons. The van der Waals surface area contributed by atoms with Crippen LogP contribution in [0.4, 0.5) is 4.79 Å². The summed E-state index contributed by atoms with van der Waals surface area (Å²) >= 11 is 1.87. The number of hydrogen-bond donors (Lipinski definition) is 3. The molecule has 2 unspecified atom stereocenters. The first-order chi connectivity index (χ1) is 9.47. The van der Waals surface area contributed by atoms with E-state index in [1.54, 1.807) is 0 Å². The maximum Gasteiger partial charge on any atom is 0.315 e. The second-order valence-electron chi connectivity index (χ2n) is 5.86. The van der Waals surface area contributed by atoms with Crippen molar-refractivity contribution in [2.24, 2.45) is 11.8 Å². The summed E-state index contributed by atoms with van der Waals surface area (Å²) < 4.78 is 0. The summed E-state index contributed by atoms with van der Waals surface area (Å²) in [6.07, 6.45) is 3.10. The van der Waals surface area contributed by atoms with Crippen LogP contribution >= 0.6 is 11.8 Å². The van der Waals surface area contributed by atoms with Crippen LogP contribution in [-0.2, 0) is 4.79 Å². The Morgan fingerprint density at radius 3 is 2.70 bits per heavy atom.